The normalized spacial score (nSPS) is 16.5. The van der Waals surface area contributed by atoms with Gasteiger partial charge in [0.2, 0.25) is 0 Å². The Bertz CT molecular complexity index is 530. The molecule has 0 radical (unpaired) electrons. The van der Waals surface area contributed by atoms with Crippen molar-refractivity contribution in [1.82, 2.24) is 5.32 Å². The molecule has 23 heavy (non-hydrogen) atoms. The van der Waals surface area contributed by atoms with E-state index in [1.165, 1.54) is 24.0 Å². The van der Waals surface area contributed by atoms with Crippen molar-refractivity contribution >= 4 is 8.32 Å². The van der Waals surface area contributed by atoms with Crippen LogP contribution in [0.2, 0.25) is 19.6 Å². The van der Waals surface area contributed by atoms with E-state index in [0.29, 0.717) is 0 Å². The quantitative estimate of drug-likeness (QED) is 0.819. The van der Waals surface area contributed by atoms with Crippen molar-refractivity contribution in [3.63, 3.8) is 0 Å². The van der Waals surface area contributed by atoms with E-state index in [-0.39, 0.29) is 5.54 Å². The molecule has 0 aliphatic carbocycles. The zero-order chi connectivity index (χ0) is 16.8. The van der Waals surface area contributed by atoms with E-state index >= 15 is 0 Å². The molecule has 0 saturated carbocycles. The minimum atomic E-state index is -1.13. The first kappa shape index (κ1) is 17.9. The van der Waals surface area contributed by atoms with Gasteiger partial charge in [-0.15, -0.1) is 0 Å². The maximum atomic E-state index is 5.08. The molecule has 0 amide bonds. The number of hydrogen-bond donors (Lipinski definition) is 1. The molecule has 124 valence electrons. The molecule has 1 aliphatic heterocycles. The highest BCUT2D eigenvalue weighted by atomic mass is 28.4. The molecule has 0 unspecified atom stereocenters. The molecule has 0 bridgehead atoms. The fraction of sp³-hybridized carbons (Fsp3) is 0.400. The molecule has 1 saturated heterocycles. The predicted molar refractivity (Wildman–Crippen MR) is 101 cm³/mol. The second kappa shape index (κ2) is 7.91. The number of benzene rings is 2. The zero-order valence-corrected chi connectivity index (χ0v) is 15.8. The van der Waals surface area contributed by atoms with Gasteiger partial charge in [-0.25, -0.2) is 0 Å². The van der Waals surface area contributed by atoms with E-state index in [1.807, 2.05) is 0 Å². The van der Waals surface area contributed by atoms with Gasteiger partial charge in [-0.3, -0.25) is 0 Å². The molecule has 3 heteroatoms. The summed E-state index contributed by atoms with van der Waals surface area (Å²) in [5, 5.41) is 3.70. The summed E-state index contributed by atoms with van der Waals surface area (Å²) in [7, 11) is 0.639. The van der Waals surface area contributed by atoms with Gasteiger partial charge in [-0.2, -0.15) is 0 Å². The molecule has 2 nitrogen and oxygen atoms in total. The molecular formula is C20H29NOSi. The summed E-state index contributed by atoms with van der Waals surface area (Å²) < 4.78 is 5.08. The first-order chi connectivity index (χ1) is 11.0. The van der Waals surface area contributed by atoms with Gasteiger partial charge in [0, 0.05) is 7.11 Å². The van der Waals surface area contributed by atoms with Gasteiger partial charge >= 0.3 is 0 Å². The largest absolute Gasteiger partial charge is 0.421 e. The standard InChI is InChI=1S/C16H17N.C4H12OSi/c1-3-8-14(9-4-1)16(12-7-13-17-16)15-10-5-2-6-11-15;1-5-6(2,3)4/h1-6,8-11,17H,7,12-13H2;1-4H3. The van der Waals surface area contributed by atoms with Gasteiger partial charge in [0.1, 0.15) is 0 Å². The molecule has 3 rings (SSSR count). The molecule has 2 aromatic rings. The molecule has 0 spiro atoms. The smallest absolute Gasteiger partial charge is 0.183 e. The Morgan fingerprint density at radius 1 is 0.870 bits per heavy atom. The maximum Gasteiger partial charge on any atom is 0.183 e. The summed E-state index contributed by atoms with van der Waals surface area (Å²) in [5.41, 5.74) is 2.79. The lowest BCUT2D eigenvalue weighted by molar-refractivity contribution is 0.411. The second-order valence-corrected chi connectivity index (χ2v) is 11.6. The van der Waals surface area contributed by atoms with E-state index in [0.717, 1.165) is 6.54 Å². The lowest BCUT2D eigenvalue weighted by Crippen LogP contribution is -2.37. The third-order valence-corrected chi connectivity index (χ3v) is 5.53. The Labute approximate surface area is 142 Å². The van der Waals surface area contributed by atoms with E-state index in [2.05, 4.69) is 85.6 Å². The summed E-state index contributed by atoms with van der Waals surface area (Å²) in [6.45, 7) is 7.58. The fourth-order valence-corrected chi connectivity index (χ4v) is 2.85. The Kier molecular flexibility index (Phi) is 6.16. The van der Waals surface area contributed by atoms with Crippen LogP contribution in [0, 0.1) is 0 Å². The topological polar surface area (TPSA) is 21.3 Å². The Balaban J connectivity index is 0.000000277. The molecule has 0 atom stereocenters. The van der Waals surface area contributed by atoms with Gasteiger partial charge in [-0.1, -0.05) is 60.7 Å². The SMILES string of the molecule is CO[Si](C)(C)C.c1ccc(C2(c3ccccc3)CCCN2)cc1. The monoisotopic (exact) mass is 327 g/mol. The summed E-state index contributed by atoms with van der Waals surface area (Å²) in [6.07, 6.45) is 2.42. The maximum absolute atomic E-state index is 5.08. The van der Waals surface area contributed by atoms with Crippen molar-refractivity contribution < 1.29 is 4.43 Å². The highest BCUT2D eigenvalue weighted by Gasteiger charge is 2.36. The van der Waals surface area contributed by atoms with Crippen molar-refractivity contribution in [2.45, 2.75) is 38.0 Å². The molecular weight excluding hydrogens is 298 g/mol. The number of nitrogens with one attached hydrogen (secondary N) is 1. The molecule has 1 fully saturated rings. The van der Waals surface area contributed by atoms with Gasteiger partial charge in [0.05, 0.1) is 5.54 Å². The zero-order valence-electron chi connectivity index (χ0n) is 14.8. The highest BCUT2D eigenvalue weighted by Crippen LogP contribution is 2.37. The van der Waals surface area contributed by atoms with Crippen molar-refractivity contribution in [3.05, 3.63) is 71.8 Å². The summed E-state index contributed by atoms with van der Waals surface area (Å²) in [5.74, 6) is 0. The van der Waals surface area contributed by atoms with Gasteiger partial charge in [0.15, 0.2) is 8.32 Å². The summed E-state index contributed by atoms with van der Waals surface area (Å²) >= 11 is 0. The Morgan fingerprint density at radius 3 is 1.61 bits per heavy atom. The molecule has 1 N–H and O–H groups in total. The van der Waals surface area contributed by atoms with Crippen molar-refractivity contribution in [1.29, 1.82) is 0 Å². The van der Waals surface area contributed by atoms with Crippen LogP contribution in [0.15, 0.2) is 60.7 Å². The second-order valence-electron chi connectivity index (χ2n) is 6.98. The van der Waals surface area contributed by atoms with E-state index in [9.17, 15) is 0 Å². The van der Waals surface area contributed by atoms with Crippen LogP contribution < -0.4 is 5.32 Å². The van der Waals surface area contributed by atoms with Gasteiger partial charge in [0.25, 0.3) is 0 Å². The first-order valence-corrected chi connectivity index (χ1v) is 11.8. The third-order valence-electron chi connectivity index (χ3n) is 4.30. The first-order valence-electron chi connectivity index (χ1n) is 8.39. The van der Waals surface area contributed by atoms with Crippen LogP contribution in [-0.2, 0) is 9.96 Å². The lowest BCUT2D eigenvalue weighted by Gasteiger charge is -2.31. The third kappa shape index (κ3) is 4.77. The van der Waals surface area contributed by atoms with E-state index < -0.39 is 8.32 Å². The van der Waals surface area contributed by atoms with Crippen LogP contribution in [0.5, 0.6) is 0 Å². The van der Waals surface area contributed by atoms with Crippen LogP contribution in [0.1, 0.15) is 24.0 Å². The number of hydrogen-bond acceptors (Lipinski definition) is 2. The minimum absolute atomic E-state index is 0.0303. The van der Waals surface area contributed by atoms with Crippen molar-refractivity contribution in [3.8, 4) is 0 Å². The fourth-order valence-electron chi connectivity index (χ4n) is 2.85. The summed E-state index contributed by atoms with van der Waals surface area (Å²) in [6, 6.07) is 21.6. The van der Waals surface area contributed by atoms with Crippen LogP contribution in [-0.4, -0.2) is 22.0 Å². The van der Waals surface area contributed by atoms with Gasteiger partial charge < -0.3 is 9.74 Å². The average molecular weight is 328 g/mol. The minimum Gasteiger partial charge on any atom is -0.421 e. The molecule has 1 aliphatic rings. The summed E-state index contributed by atoms with van der Waals surface area (Å²) in [4.78, 5) is 0. The number of rotatable bonds is 3. The molecule has 2 aromatic carbocycles. The lowest BCUT2D eigenvalue weighted by atomic mass is 9.82. The highest BCUT2D eigenvalue weighted by molar-refractivity contribution is 6.69. The van der Waals surface area contributed by atoms with Crippen LogP contribution >= 0.6 is 0 Å². The molecule has 0 aromatic heterocycles. The predicted octanol–water partition coefficient (Wildman–Crippen LogP) is 4.78. The van der Waals surface area contributed by atoms with E-state index in [1.54, 1.807) is 7.11 Å². The van der Waals surface area contributed by atoms with Crippen LogP contribution in [0.25, 0.3) is 0 Å². The Morgan fingerprint density at radius 2 is 1.30 bits per heavy atom. The van der Waals surface area contributed by atoms with Crippen molar-refractivity contribution in [2.24, 2.45) is 0 Å². The van der Waals surface area contributed by atoms with Crippen molar-refractivity contribution in [2.75, 3.05) is 13.7 Å². The van der Waals surface area contributed by atoms with Crippen LogP contribution in [0.4, 0.5) is 0 Å². The van der Waals surface area contributed by atoms with Crippen LogP contribution in [0.3, 0.4) is 0 Å². The van der Waals surface area contributed by atoms with Gasteiger partial charge in [-0.05, 0) is 50.2 Å². The Hall–Kier alpha value is -1.42. The van der Waals surface area contributed by atoms with E-state index in [4.69, 9.17) is 4.43 Å². The average Bonchev–Trinajstić information content (AvgIpc) is 3.07. The molecule has 1 heterocycles.